The van der Waals surface area contributed by atoms with Crippen molar-refractivity contribution in [3.05, 3.63) is 65.9 Å². The van der Waals surface area contributed by atoms with Crippen molar-refractivity contribution in [2.45, 2.75) is 6.92 Å². The van der Waals surface area contributed by atoms with Gasteiger partial charge in [-0.2, -0.15) is 5.10 Å². The molecule has 0 aliphatic carbocycles. The molecule has 3 heterocycles. The van der Waals surface area contributed by atoms with Crippen LogP contribution in [0.4, 0.5) is 14.6 Å². The summed E-state index contributed by atoms with van der Waals surface area (Å²) in [5.41, 5.74) is 7.75. The summed E-state index contributed by atoms with van der Waals surface area (Å²) in [5, 5.41) is 7.21. The summed E-state index contributed by atoms with van der Waals surface area (Å²) >= 11 is 0. The maximum Gasteiger partial charge on any atom is 0.272 e. The molecule has 0 fully saturated rings. The number of carbonyl (C=O) groups excluding carboxylic acids is 2. The lowest BCUT2D eigenvalue weighted by atomic mass is 10.1. The molecule has 0 aliphatic rings. The van der Waals surface area contributed by atoms with Gasteiger partial charge in [-0.15, -0.1) is 0 Å². The Morgan fingerprint density at radius 2 is 1.92 bits per heavy atom. The molecular weight excluding hydrogens is 468 g/mol. The summed E-state index contributed by atoms with van der Waals surface area (Å²) < 4.78 is 33.5. The van der Waals surface area contributed by atoms with Crippen molar-refractivity contribution < 1.29 is 18.4 Å². The Morgan fingerprint density at radius 1 is 1.19 bits per heavy atom. The van der Waals surface area contributed by atoms with E-state index in [2.05, 4.69) is 16.7 Å². The quantitative estimate of drug-likeness (QED) is 0.426. The van der Waals surface area contributed by atoms with E-state index in [0.29, 0.717) is 33.3 Å². The summed E-state index contributed by atoms with van der Waals surface area (Å²) in [7, 11) is 4.72. The first-order valence-electron chi connectivity index (χ1n) is 10.9. The number of nitrogens with zero attached hydrogens (tertiary/aromatic N) is 6. The number of hydrogen-bond donors (Lipinski definition) is 1. The molecular formula is C25H25F2N7O2. The van der Waals surface area contributed by atoms with E-state index in [0.717, 1.165) is 10.0 Å². The molecule has 1 aromatic carbocycles. The number of nitrogens with two attached hydrogens (primary N) is 1. The van der Waals surface area contributed by atoms with Gasteiger partial charge >= 0.3 is 0 Å². The fourth-order valence-electron chi connectivity index (χ4n) is 4.05. The average molecular weight is 494 g/mol. The Morgan fingerprint density at radius 3 is 2.58 bits per heavy atom. The third-order valence-electron chi connectivity index (χ3n) is 6.08. The van der Waals surface area contributed by atoms with E-state index >= 15 is 8.78 Å². The van der Waals surface area contributed by atoms with Crippen molar-refractivity contribution in [3.63, 3.8) is 0 Å². The number of hydrogen-bond acceptors (Lipinski definition) is 5. The molecule has 3 aromatic heterocycles. The van der Waals surface area contributed by atoms with Gasteiger partial charge in [-0.1, -0.05) is 6.58 Å². The molecule has 0 spiro atoms. The molecule has 0 saturated carbocycles. The first kappa shape index (κ1) is 24.6. The molecule has 2 N–H and O–H groups in total. The number of carbonyl (C=O) groups is 2. The fraction of sp³-hybridized carbons (Fsp3) is 0.200. The molecule has 0 saturated heterocycles. The number of amides is 2. The minimum absolute atomic E-state index is 0.00385. The number of nitrogen functional groups attached to an aromatic ring is 1. The predicted octanol–water partition coefficient (Wildman–Crippen LogP) is 3.83. The standard InChI is InChI=1S/C25H25F2N7O2/c1-6-21-16(9-10-31(21)3)22(27)19(26)13-34(33(5)14(2)35)25(36)15-7-8-20-17(11-15)23-18(24(28)30-20)12-29-32(23)4/h6-12H,1,13H2,2-5H3,(H2,28,30)/b22-19+. The Bertz CT molecular complexity index is 1570. The normalized spacial score (nSPS) is 12.1. The molecule has 11 heteroatoms. The predicted molar refractivity (Wildman–Crippen MR) is 135 cm³/mol. The van der Waals surface area contributed by atoms with Gasteiger partial charge in [0, 0.05) is 50.8 Å². The van der Waals surface area contributed by atoms with Crippen LogP contribution in [0.2, 0.25) is 0 Å². The van der Waals surface area contributed by atoms with E-state index in [1.807, 2.05) is 0 Å². The van der Waals surface area contributed by atoms with Gasteiger partial charge in [-0.3, -0.25) is 19.3 Å². The molecule has 0 aliphatic heterocycles. The molecule has 4 rings (SSSR count). The lowest BCUT2D eigenvalue weighted by molar-refractivity contribution is -0.139. The smallest absolute Gasteiger partial charge is 0.272 e. The average Bonchev–Trinajstić information content (AvgIpc) is 3.43. The molecule has 0 atom stereocenters. The summed E-state index contributed by atoms with van der Waals surface area (Å²) in [6, 6.07) is 6.07. The second kappa shape index (κ2) is 9.25. The molecule has 4 aromatic rings. The van der Waals surface area contributed by atoms with Gasteiger partial charge in [0.15, 0.2) is 11.7 Å². The first-order valence-corrected chi connectivity index (χ1v) is 10.9. The van der Waals surface area contributed by atoms with E-state index in [1.165, 1.54) is 32.2 Å². The molecule has 0 bridgehead atoms. The van der Waals surface area contributed by atoms with Gasteiger partial charge in [-0.25, -0.2) is 18.8 Å². The number of pyridine rings is 1. The van der Waals surface area contributed by atoms with Gasteiger partial charge in [0.05, 0.1) is 34.9 Å². The first-order chi connectivity index (χ1) is 17.0. The third-order valence-corrected chi connectivity index (χ3v) is 6.08. The van der Waals surface area contributed by atoms with Crippen LogP contribution in [-0.4, -0.2) is 54.8 Å². The van der Waals surface area contributed by atoms with Crippen LogP contribution in [0.15, 0.2) is 49.1 Å². The minimum Gasteiger partial charge on any atom is -0.383 e. The van der Waals surface area contributed by atoms with E-state index in [1.54, 1.807) is 47.9 Å². The molecule has 36 heavy (non-hydrogen) atoms. The Hall–Kier alpha value is -4.54. The number of aromatic nitrogens is 4. The van der Waals surface area contributed by atoms with Gasteiger partial charge < -0.3 is 10.3 Å². The van der Waals surface area contributed by atoms with E-state index in [4.69, 9.17) is 5.73 Å². The number of hydrazine groups is 1. The molecule has 0 radical (unpaired) electrons. The maximum atomic E-state index is 15.2. The van der Waals surface area contributed by atoms with Crippen molar-refractivity contribution in [2.75, 3.05) is 19.3 Å². The van der Waals surface area contributed by atoms with Crippen LogP contribution in [0.3, 0.4) is 0 Å². The molecule has 186 valence electrons. The van der Waals surface area contributed by atoms with Gasteiger partial charge in [0.25, 0.3) is 5.91 Å². The Kier molecular flexibility index (Phi) is 6.32. The molecule has 2 amide bonds. The Labute approximate surface area is 205 Å². The highest BCUT2D eigenvalue weighted by molar-refractivity contribution is 6.10. The summed E-state index contributed by atoms with van der Waals surface area (Å²) in [6.07, 6.45) is 4.55. The van der Waals surface area contributed by atoms with E-state index < -0.39 is 30.0 Å². The van der Waals surface area contributed by atoms with Crippen molar-refractivity contribution >= 4 is 51.3 Å². The van der Waals surface area contributed by atoms with Crippen molar-refractivity contribution in [1.29, 1.82) is 0 Å². The van der Waals surface area contributed by atoms with Crippen LogP contribution in [0.5, 0.6) is 0 Å². The monoisotopic (exact) mass is 493 g/mol. The van der Waals surface area contributed by atoms with Crippen LogP contribution in [0.1, 0.15) is 28.5 Å². The largest absolute Gasteiger partial charge is 0.383 e. The van der Waals surface area contributed by atoms with Crippen molar-refractivity contribution in [2.24, 2.45) is 14.1 Å². The number of fused-ring (bicyclic) bond motifs is 3. The Balaban J connectivity index is 1.78. The topological polar surface area (TPSA) is 102 Å². The zero-order valence-electron chi connectivity index (χ0n) is 20.3. The highest BCUT2D eigenvalue weighted by atomic mass is 19.2. The SMILES string of the molecule is C=Cc1c(/C(F)=C(\F)CN(C(=O)c2ccc3nc(N)c4cnn(C)c4c3c2)N(C)C(C)=O)ccn1C. The van der Waals surface area contributed by atoms with Crippen LogP contribution in [0, 0.1) is 0 Å². The summed E-state index contributed by atoms with van der Waals surface area (Å²) in [6.45, 7) is 4.05. The second-order valence-electron chi connectivity index (χ2n) is 8.31. The lowest BCUT2D eigenvalue weighted by Gasteiger charge is -2.30. The lowest BCUT2D eigenvalue weighted by Crippen LogP contribution is -2.47. The minimum atomic E-state index is -1.21. The maximum absolute atomic E-state index is 15.2. The van der Waals surface area contributed by atoms with E-state index in [-0.39, 0.29) is 11.1 Å². The van der Waals surface area contributed by atoms with Gasteiger partial charge in [-0.05, 0) is 30.3 Å². The highest BCUT2D eigenvalue weighted by Crippen LogP contribution is 2.30. The molecule has 0 unspecified atom stereocenters. The number of rotatable bonds is 5. The number of halogens is 2. The van der Waals surface area contributed by atoms with Crippen LogP contribution < -0.4 is 5.73 Å². The summed E-state index contributed by atoms with van der Waals surface area (Å²) in [5.74, 6) is -3.30. The van der Waals surface area contributed by atoms with Crippen molar-refractivity contribution in [1.82, 2.24) is 29.3 Å². The van der Waals surface area contributed by atoms with Gasteiger partial charge in [0.2, 0.25) is 5.91 Å². The number of anilines is 1. The van der Waals surface area contributed by atoms with Crippen LogP contribution >= 0.6 is 0 Å². The zero-order chi connectivity index (χ0) is 26.3. The molecule has 9 nitrogen and oxygen atoms in total. The van der Waals surface area contributed by atoms with Crippen molar-refractivity contribution in [3.8, 4) is 0 Å². The number of benzene rings is 1. The zero-order valence-corrected chi connectivity index (χ0v) is 20.3. The third kappa shape index (κ3) is 4.08. The van der Waals surface area contributed by atoms with Crippen LogP contribution in [-0.2, 0) is 18.9 Å². The number of aryl methyl sites for hydroxylation is 2. The van der Waals surface area contributed by atoms with Gasteiger partial charge in [0.1, 0.15) is 5.82 Å². The second-order valence-corrected chi connectivity index (χ2v) is 8.31. The van der Waals surface area contributed by atoms with E-state index in [9.17, 15) is 9.59 Å². The van der Waals surface area contributed by atoms with Crippen LogP contribution in [0.25, 0.3) is 33.7 Å². The fourth-order valence-corrected chi connectivity index (χ4v) is 4.05. The summed E-state index contributed by atoms with van der Waals surface area (Å²) in [4.78, 5) is 30.0. The highest BCUT2D eigenvalue weighted by Gasteiger charge is 2.27.